The molecule has 1 aliphatic heterocycles. The topological polar surface area (TPSA) is 32.7 Å². The van der Waals surface area contributed by atoms with Crippen LogP contribution in [-0.2, 0) is 4.74 Å². The van der Waals surface area contributed by atoms with Crippen molar-refractivity contribution in [2.45, 2.75) is 31.9 Å². The van der Waals surface area contributed by atoms with Gasteiger partial charge in [0, 0.05) is 26.3 Å². The Kier molecular flexibility index (Phi) is 4.49. The van der Waals surface area contributed by atoms with Crippen molar-refractivity contribution >= 4 is 17.3 Å². The fourth-order valence-corrected chi connectivity index (χ4v) is 2.66. The molecule has 0 radical (unpaired) electrons. The molecule has 1 aliphatic rings. The predicted octanol–water partition coefficient (Wildman–Crippen LogP) is 3.01. The van der Waals surface area contributed by atoms with E-state index in [0.717, 1.165) is 37.3 Å². The third-order valence-corrected chi connectivity index (χ3v) is 3.88. The summed E-state index contributed by atoms with van der Waals surface area (Å²) in [6.45, 7) is 3.38. The molecule has 1 aromatic carbocycles. The highest BCUT2D eigenvalue weighted by atomic mass is 35.5. The molecule has 0 aromatic heterocycles. The molecule has 1 aromatic rings. The molecule has 3 nitrogen and oxygen atoms in total. The third kappa shape index (κ3) is 2.97. The lowest BCUT2D eigenvalue weighted by Crippen LogP contribution is -2.36. The molecule has 1 unspecified atom stereocenters. The largest absolute Gasteiger partial charge is 0.389 e. The summed E-state index contributed by atoms with van der Waals surface area (Å²) in [6.07, 6.45) is 1.58. The molecule has 1 N–H and O–H groups in total. The van der Waals surface area contributed by atoms with E-state index in [4.69, 9.17) is 16.3 Å². The van der Waals surface area contributed by atoms with Crippen LogP contribution in [0, 0.1) is 0 Å². The highest BCUT2D eigenvalue weighted by Gasteiger charge is 2.20. The Bertz CT molecular complexity index is 403. The maximum Gasteiger partial charge on any atom is 0.0762 e. The number of anilines is 1. The first-order valence-corrected chi connectivity index (χ1v) is 6.75. The number of hydrogen-bond donors (Lipinski definition) is 1. The van der Waals surface area contributed by atoms with Gasteiger partial charge in [0.2, 0.25) is 0 Å². The Hall–Kier alpha value is -0.770. The predicted molar refractivity (Wildman–Crippen MR) is 74.3 cm³/mol. The van der Waals surface area contributed by atoms with Crippen molar-refractivity contribution in [2.24, 2.45) is 0 Å². The summed E-state index contributed by atoms with van der Waals surface area (Å²) in [5.41, 5.74) is 1.87. The Morgan fingerprint density at radius 2 is 2.06 bits per heavy atom. The van der Waals surface area contributed by atoms with E-state index in [0.29, 0.717) is 11.1 Å². The van der Waals surface area contributed by atoms with E-state index in [9.17, 15) is 5.11 Å². The lowest BCUT2D eigenvalue weighted by atomic mass is 10.1. The highest BCUT2D eigenvalue weighted by Crippen LogP contribution is 2.31. The fourth-order valence-electron chi connectivity index (χ4n) is 2.34. The maximum absolute atomic E-state index is 9.54. The minimum Gasteiger partial charge on any atom is -0.389 e. The zero-order chi connectivity index (χ0) is 13.1. The van der Waals surface area contributed by atoms with Crippen molar-refractivity contribution in [3.05, 3.63) is 28.8 Å². The molecule has 0 spiro atoms. The molecule has 1 heterocycles. The van der Waals surface area contributed by atoms with Crippen LogP contribution in [0.3, 0.4) is 0 Å². The van der Waals surface area contributed by atoms with Crippen molar-refractivity contribution in [3.63, 3.8) is 0 Å². The molecule has 18 heavy (non-hydrogen) atoms. The second-order valence-electron chi connectivity index (χ2n) is 4.84. The van der Waals surface area contributed by atoms with Crippen LogP contribution in [0.4, 0.5) is 5.69 Å². The smallest absolute Gasteiger partial charge is 0.0762 e. The van der Waals surface area contributed by atoms with E-state index in [1.165, 1.54) is 0 Å². The van der Waals surface area contributed by atoms with Crippen LogP contribution in [0.25, 0.3) is 0 Å². The van der Waals surface area contributed by atoms with Gasteiger partial charge in [-0.15, -0.1) is 0 Å². The first-order valence-electron chi connectivity index (χ1n) is 6.37. The average Bonchev–Trinajstić information content (AvgIpc) is 2.38. The molecule has 4 heteroatoms. The van der Waals surface area contributed by atoms with E-state index >= 15 is 0 Å². The van der Waals surface area contributed by atoms with Gasteiger partial charge in [-0.3, -0.25) is 0 Å². The molecule has 2 rings (SSSR count). The lowest BCUT2D eigenvalue weighted by molar-refractivity contribution is 0.0855. The van der Waals surface area contributed by atoms with Crippen LogP contribution in [0.15, 0.2) is 18.2 Å². The number of benzene rings is 1. The minimum atomic E-state index is -0.482. The van der Waals surface area contributed by atoms with Crippen molar-refractivity contribution in [1.82, 2.24) is 0 Å². The number of ether oxygens (including phenoxy) is 1. The number of aliphatic hydroxyl groups excluding tert-OH is 1. The zero-order valence-corrected chi connectivity index (χ0v) is 11.7. The van der Waals surface area contributed by atoms with Gasteiger partial charge in [-0.2, -0.15) is 0 Å². The Morgan fingerprint density at radius 3 is 2.61 bits per heavy atom. The summed E-state index contributed by atoms with van der Waals surface area (Å²) in [7, 11) is 2.07. The molecular weight excluding hydrogens is 250 g/mol. The zero-order valence-electron chi connectivity index (χ0n) is 10.9. The van der Waals surface area contributed by atoms with Crippen LogP contribution >= 0.6 is 11.6 Å². The van der Waals surface area contributed by atoms with Crippen molar-refractivity contribution < 1.29 is 9.84 Å². The van der Waals surface area contributed by atoms with E-state index in [2.05, 4.69) is 11.9 Å². The maximum atomic E-state index is 9.54. The molecule has 0 saturated carbocycles. The minimum absolute atomic E-state index is 0.480. The SMILES string of the molecule is CC(O)c1ccc(N(C)C2CCOCC2)c(Cl)c1. The summed E-state index contributed by atoms with van der Waals surface area (Å²) in [6, 6.07) is 6.24. The summed E-state index contributed by atoms with van der Waals surface area (Å²) in [5, 5.41) is 10.2. The summed E-state index contributed by atoms with van der Waals surface area (Å²) in [4.78, 5) is 2.22. The highest BCUT2D eigenvalue weighted by molar-refractivity contribution is 6.33. The standard InChI is InChI=1S/C14H20ClNO2/c1-10(17)11-3-4-14(13(15)9-11)16(2)12-5-7-18-8-6-12/h3-4,9-10,12,17H,5-8H2,1-2H3. The van der Waals surface area contributed by atoms with E-state index in [1.807, 2.05) is 18.2 Å². The number of nitrogens with zero attached hydrogens (tertiary/aromatic N) is 1. The van der Waals surface area contributed by atoms with Crippen LogP contribution in [-0.4, -0.2) is 31.4 Å². The van der Waals surface area contributed by atoms with Crippen molar-refractivity contribution in [1.29, 1.82) is 0 Å². The Labute approximate surface area is 113 Å². The van der Waals surface area contributed by atoms with E-state index < -0.39 is 6.10 Å². The number of rotatable bonds is 3. The first-order chi connectivity index (χ1) is 8.59. The number of hydrogen-bond acceptors (Lipinski definition) is 3. The molecular formula is C14H20ClNO2. The van der Waals surface area contributed by atoms with Gasteiger partial charge in [-0.25, -0.2) is 0 Å². The fraction of sp³-hybridized carbons (Fsp3) is 0.571. The van der Waals surface area contributed by atoms with Crippen LogP contribution in [0.5, 0.6) is 0 Å². The second kappa shape index (κ2) is 5.91. The van der Waals surface area contributed by atoms with Gasteiger partial charge in [-0.05, 0) is 37.5 Å². The lowest BCUT2D eigenvalue weighted by Gasteiger charge is -2.33. The van der Waals surface area contributed by atoms with Gasteiger partial charge in [-0.1, -0.05) is 17.7 Å². The molecule has 1 saturated heterocycles. The van der Waals surface area contributed by atoms with E-state index in [-0.39, 0.29) is 0 Å². The van der Waals surface area contributed by atoms with Gasteiger partial charge in [0.1, 0.15) is 0 Å². The monoisotopic (exact) mass is 269 g/mol. The number of halogens is 1. The van der Waals surface area contributed by atoms with Crippen LogP contribution < -0.4 is 4.90 Å². The quantitative estimate of drug-likeness (QED) is 0.916. The Morgan fingerprint density at radius 1 is 1.39 bits per heavy atom. The summed E-state index contributed by atoms with van der Waals surface area (Å²) in [5.74, 6) is 0. The van der Waals surface area contributed by atoms with Crippen LogP contribution in [0.1, 0.15) is 31.4 Å². The number of aliphatic hydroxyl groups is 1. The van der Waals surface area contributed by atoms with Gasteiger partial charge in [0.25, 0.3) is 0 Å². The second-order valence-corrected chi connectivity index (χ2v) is 5.25. The molecule has 0 aliphatic carbocycles. The van der Waals surface area contributed by atoms with Gasteiger partial charge >= 0.3 is 0 Å². The van der Waals surface area contributed by atoms with Gasteiger partial charge in [0.15, 0.2) is 0 Å². The van der Waals surface area contributed by atoms with Crippen molar-refractivity contribution in [2.75, 3.05) is 25.2 Å². The van der Waals surface area contributed by atoms with Crippen molar-refractivity contribution in [3.8, 4) is 0 Å². The van der Waals surface area contributed by atoms with Crippen LogP contribution in [0.2, 0.25) is 5.02 Å². The molecule has 100 valence electrons. The molecule has 1 fully saturated rings. The third-order valence-electron chi connectivity index (χ3n) is 3.57. The first kappa shape index (κ1) is 13.7. The summed E-state index contributed by atoms with van der Waals surface area (Å²) < 4.78 is 5.37. The molecule has 0 amide bonds. The molecule has 0 bridgehead atoms. The summed E-state index contributed by atoms with van der Waals surface area (Å²) >= 11 is 6.30. The van der Waals surface area contributed by atoms with E-state index in [1.54, 1.807) is 6.92 Å². The molecule has 1 atom stereocenters. The average molecular weight is 270 g/mol. The Balaban J connectivity index is 2.16. The van der Waals surface area contributed by atoms with Gasteiger partial charge < -0.3 is 14.7 Å². The van der Waals surface area contributed by atoms with Gasteiger partial charge in [0.05, 0.1) is 16.8 Å². The normalized spacial score (nSPS) is 18.7.